The Kier molecular flexibility index (Phi) is 5.08. The van der Waals surface area contributed by atoms with E-state index in [-0.39, 0.29) is 12.5 Å². The van der Waals surface area contributed by atoms with Crippen molar-refractivity contribution in [3.05, 3.63) is 83.2 Å². The van der Waals surface area contributed by atoms with E-state index in [4.69, 9.17) is 16.1 Å². The molecule has 0 bridgehead atoms. The zero-order chi connectivity index (χ0) is 19.5. The highest BCUT2D eigenvalue weighted by atomic mass is 35.5. The second kappa shape index (κ2) is 7.82. The summed E-state index contributed by atoms with van der Waals surface area (Å²) in [5, 5.41) is 6.85. The van der Waals surface area contributed by atoms with Crippen molar-refractivity contribution in [2.75, 3.05) is 7.05 Å². The van der Waals surface area contributed by atoms with Gasteiger partial charge in [0, 0.05) is 17.6 Å². The minimum atomic E-state index is -0.0115. The summed E-state index contributed by atoms with van der Waals surface area (Å²) in [4.78, 5) is 18.7. The number of aromatic nitrogens is 2. The molecule has 0 unspecified atom stereocenters. The first-order valence-electron chi connectivity index (χ1n) is 8.89. The molecule has 0 fully saturated rings. The number of hydrogen-bond donors (Lipinski definition) is 0. The quantitative estimate of drug-likeness (QED) is 0.492. The van der Waals surface area contributed by atoms with Gasteiger partial charge in [0.05, 0.1) is 13.0 Å². The van der Waals surface area contributed by atoms with Crippen LogP contribution in [0.15, 0.2) is 71.3 Å². The Morgan fingerprint density at radius 2 is 1.79 bits per heavy atom. The lowest BCUT2D eigenvalue weighted by Crippen LogP contribution is -2.27. The van der Waals surface area contributed by atoms with Crippen LogP contribution in [-0.4, -0.2) is 28.0 Å². The Hall–Kier alpha value is -3.18. The van der Waals surface area contributed by atoms with Gasteiger partial charge in [-0.05, 0) is 40.6 Å². The van der Waals surface area contributed by atoms with Crippen LogP contribution in [0.1, 0.15) is 11.5 Å². The molecule has 140 valence electrons. The fourth-order valence-corrected chi connectivity index (χ4v) is 3.20. The predicted octanol–water partition coefficient (Wildman–Crippen LogP) is 4.74. The van der Waals surface area contributed by atoms with Gasteiger partial charge >= 0.3 is 0 Å². The van der Waals surface area contributed by atoms with Crippen LogP contribution in [0.3, 0.4) is 0 Å². The van der Waals surface area contributed by atoms with Crippen molar-refractivity contribution >= 4 is 28.3 Å². The van der Waals surface area contributed by atoms with Gasteiger partial charge in [-0.25, -0.2) is 0 Å². The molecule has 1 heterocycles. The zero-order valence-corrected chi connectivity index (χ0v) is 16.1. The van der Waals surface area contributed by atoms with Crippen LogP contribution in [0.4, 0.5) is 0 Å². The predicted molar refractivity (Wildman–Crippen MR) is 109 cm³/mol. The molecule has 5 nitrogen and oxygen atoms in total. The van der Waals surface area contributed by atoms with Gasteiger partial charge in [-0.1, -0.05) is 59.2 Å². The summed E-state index contributed by atoms with van der Waals surface area (Å²) in [6.45, 7) is 0.254. The Balaban J connectivity index is 1.45. The lowest BCUT2D eigenvalue weighted by atomic mass is 10.0. The Bertz CT molecular complexity index is 1120. The summed E-state index contributed by atoms with van der Waals surface area (Å²) >= 11 is 5.90. The number of nitrogens with zero attached hydrogens (tertiary/aromatic N) is 3. The number of fused-ring (bicyclic) bond motifs is 1. The van der Waals surface area contributed by atoms with E-state index in [1.165, 1.54) is 0 Å². The van der Waals surface area contributed by atoms with Gasteiger partial charge in [0.2, 0.25) is 17.6 Å². The molecular formula is C22H18ClN3O2. The molecule has 0 saturated heterocycles. The maximum absolute atomic E-state index is 12.7. The number of benzene rings is 3. The second-order valence-corrected chi connectivity index (χ2v) is 7.02. The number of carbonyl (C=O) groups is 1. The van der Waals surface area contributed by atoms with E-state index in [0.29, 0.717) is 23.2 Å². The molecule has 4 aromatic rings. The molecule has 1 amide bonds. The molecule has 1 aromatic heterocycles. The van der Waals surface area contributed by atoms with Gasteiger partial charge in [0.25, 0.3) is 0 Å². The summed E-state index contributed by atoms with van der Waals surface area (Å²) in [7, 11) is 1.74. The smallest absolute Gasteiger partial charge is 0.246 e. The largest absolute Gasteiger partial charge is 0.337 e. The van der Waals surface area contributed by atoms with Crippen LogP contribution < -0.4 is 0 Å². The van der Waals surface area contributed by atoms with E-state index in [9.17, 15) is 4.79 Å². The van der Waals surface area contributed by atoms with Gasteiger partial charge in [0.15, 0.2) is 0 Å². The fraction of sp³-hybridized carbons (Fsp3) is 0.136. The van der Waals surface area contributed by atoms with Crippen molar-refractivity contribution in [2.24, 2.45) is 0 Å². The first-order chi connectivity index (χ1) is 13.6. The van der Waals surface area contributed by atoms with Crippen LogP contribution in [0.25, 0.3) is 22.2 Å². The molecule has 28 heavy (non-hydrogen) atoms. The number of hydrogen-bond acceptors (Lipinski definition) is 4. The Labute approximate surface area is 167 Å². The van der Waals surface area contributed by atoms with Crippen molar-refractivity contribution in [3.63, 3.8) is 0 Å². The lowest BCUT2D eigenvalue weighted by molar-refractivity contribution is -0.130. The van der Waals surface area contributed by atoms with Crippen molar-refractivity contribution < 1.29 is 9.32 Å². The minimum Gasteiger partial charge on any atom is -0.337 e. The average molecular weight is 392 g/mol. The second-order valence-electron chi connectivity index (χ2n) is 6.58. The first-order valence-corrected chi connectivity index (χ1v) is 9.27. The molecular weight excluding hydrogens is 374 g/mol. The van der Waals surface area contributed by atoms with Crippen LogP contribution in [0, 0.1) is 0 Å². The van der Waals surface area contributed by atoms with E-state index in [2.05, 4.69) is 10.1 Å². The SMILES string of the molecule is CN(Cc1nc(-c2ccc(Cl)cc2)no1)C(=O)Cc1cccc2ccccc12. The Morgan fingerprint density at radius 1 is 1.04 bits per heavy atom. The molecule has 0 aliphatic heterocycles. The van der Waals surface area contributed by atoms with Crippen molar-refractivity contribution in [2.45, 2.75) is 13.0 Å². The number of carbonyl (C=O) groups excluding carboxylic acids is 1. The summed E-state index contributed by atoms with van der Waals surface area (Å²) in [6.07, 6.45) is 0.316. The molecule has 0 aliphatic rings. The normalized spacial score (nSPS) is 10.9. The van der Waals surface area contributed by atoms with E-state index in [1.54, 1.807) is 24.1 Å². The van der Waals surface area contributed by atoms with E-state index >= 15 is 0 Å². The van der Waals surface area contributed by atoms with Crippen LogP contribution in [-0.2, 0) is 17.8 Å². The Morgan fingerprint density at radius 3 is 2.61 bits per heavy atom. The summed E-state index contributed by atoms with van der Waals surface area (Å²) in [6, 6.07) is 21.3. The van der Waals surface area contributed by atoms with Crippen LogP contribution >= 0.6 is 11.6 Å². The third kappa shape index (κ3) is 3.89. The molecule has 0 spiro atoms. The van der Waals surface area contributed by atoms with Crippen molar-refractivity contribution in [1.82, 2.24) is 15.0 Å². The summed E-state index contributed by atoms with van der Waals surface area (Å²) in [5.41, 5.74) is 1.81. The third-order valence-corrected chi connectivity index (χ3v) is 4.84. The average Bonchev–Trinajstić information content (AvgIpc) is 3.17. The molecule has 0 aliphatic carbocycles. The van der Waals surface area contributed by atoms with Crippen molar-refractivity contribution in [1.29, 1.82) is 0 Å². The maximum Gasteiger partial charge on any atom is 0.246 e. The molecule has 3 aromatic carbocycles. The highest BCUT2D eigenvalue weighted by Gasteiger charge is 2.16. The van der Waals surface area contributed by atoms with Crippen LogP contribution in [0.5, 0.6) is 0 Å². The van der Waals surface area contributed by atoms with Gasteiger partial charge in [-0.2, -0.15) is 4.98 Å². The topological polar surface area (TPSA) is 59.2 Å². The van der Waals surface area contributed by atoms with E-state index < -0.39 is 0 Å². The highest BCUT2D eigenvalue weighted by molar-refractivity contribution is 6.30. The number of likely N-dealkylation sites (N-methyl/N-ethyl adjacent to an activating group) is 1. The molecule has 0 saturated carbocycles. The molecule has 4 rings (SSSR count). The number of rotatable bonds is 5. The molecule has 0 atom stereocenters. The lowest BCUT2D eigenvalue weighted by Gasteiger charge is -2.15. The number of halogens is 1. The molecule has 6 heteroatoms. The number of amides is 1. The first kappa shape index (κ1) is 18.2. The van der Waals surface area contributed by atoms with Crippen molar-refractivity contribution in [3.8, 4) is 11.4 Å². The molecule has 0 N–H and O–H groups in total. The van der Waals surface area contributed by atoms with Crippen LogP contribution in [0.2, 0.25) is 5.02 Å². The van der Waals surface area contributed by atoms with E-state index in [1.807, 2.05) is 54.6 Å². The summed E-state index contributed by atoms with van der Waals surface area (Å²) in [5.74, 6) is 0.850. The highest BCUT2D eigenvalue weighted by Crippen LogP contribution is 2.21. The molecule has 0 radical (unpaired) electrons. The van der Waals surface area contributed by atoms with Gasteiger partial charge in [-0.3, -0.25) is 4.79 Å². The van der Waals surface area contributed by atoms with Gasteiger partial charge < -0.3 is 9.42 Å². The third-order valence-electron chi connectivity index (χ3n) is 4.59. The van der Waals surface area contributed by atoms with Gasteiger partial charge in [-0.15, -0.1) is 0 Å². The standard InChI is InChI=1S/C22H18ClN3O2/c1-26(14-20-24-22(25-28-20)16-9-11-18(23)12-10-16)21(27)13-17-7-4-6-15-5-2-3-8-19(15)17/h2-12H,13-14H2,1H3. The minimum absolute atomic E-state index is 0.0115. The fourth-order valence-electron chi connectivity index (χ4n) is 3.07. The van der Waals surface area contributed by atoms with E-state index in [0.717, 1.165) is 21.9 Å². The maximum atomic E-state index is 12.7. The zero-order valence-electron chi connectivity index (χ0n) is 15.3. The van der Waals surface area contributed by atoms with Gasteiger partial charge in [0.1, 0.15) is 0 Å². The summed E-state index contributed by atoms with van der Waals surface area (Å²) < 4.78 is 5.30. The monoisotopic (exact) mass is 391 g/mol.